The van der Waals surface area contributed by atoms with Gasteiger partial charge in [0, 0.05) is 11.1 Å². The highest BCUT2D eigenvalue weighted by Gasteiger charge is 2.11. The Morgan fingerprint density at radius 2 is 2.19 bits per heavy atom. The van der Waals surface area contributed by atoms with Crippen molar-refractivity contribution in [3.05, 3.63) is 35.2 Å². The van der Waals surface area contributed by atoms with E-state index in [2.05, 4.69) is 29.4 Å². The Balaban J connectivity index is 2.21. The van der Waals surface area contributed by atoms with Gasteiger partial charge < -0.3 is 5.11 Å². The molecule has 1 aromatic carbocycles. The third-order valence-corrected chi connectivity index (χ3v) is 3.57. The molecule has 1 unspecified atom stereocenters. The molecule has 0 aliphatic carbocycles. The molecule has 0 aliphatic heterocycles. The lowest BCUT2D eigenvalue weighted by Gasteiger charge is -2.07. The summed E-state index contributed by atoms with van der Waals surface area (Å²) in [6, 6.07) is 8.19. The van der Waals surface area contributed by atoms with Crippen molar-refractivity contribution in [1.82, 2.24) is 0 Å². The van der Waals surface area contributed by atoms with Gasteiger partial charge in [-0.15, -0.1) is 23.2 Å². The fourth-order valence-corrected chi connectivity index (χ4v) is 2.75. The predicted octanol–water partition coefficient (Wildman–Crippen LogP) is 3.74. The van der Waals surface area contributed by atoms with E-state index < -0.39 is 6.10 Å². The molecule has 2 heteroatoms. The number of thiophene rings is 1. The number of rotatable bonds is 3. The molecule has 0 aliphatic rings. The van der Waals surface area contributed by atoms with E-state index in [0.717, 1.165) is 12.0 Å². The topological polar surface area (TPSA) is 20.2 Å². The van der Waals surface area contributed by atoms with Crippen LogP contribution in [0.2, 0.25) is 0 Å². The first-order valence-electron chi connectivity index (χ1n) is 5.36. The van der Waals surface area contributed by atoms with Crippen molar-refractivity contribution in [2.24, 2.45) is 0 Å². The van der Waals surface area contributed by atoms with Crippen LogP contribution in [0.15, 0.2) is 29.6 Å². The second-order valence-corrected chi connectivity index (χ2v) is 4.58. The van der Waals surface area contributed by atoms with Gasteiger partial charge in [0.25, 0.3) is 0 Å². The zero-order chi connectivity index (χ0) is 11.4. The molecule has 2 rings (SSSR count). The van der Waals surface area contributed by atoms with Crippen LogP contribution in [0.3, 0.4) is 0 Å². The van der Waals surface area contributed by atoms with Crippen molar-refractivity contribution in [2.75, 3.05) is 0 Å². The van der Waals surface area contributed by atoms with E-state index in [-0.39, 0.29) is 0 Å². The standard InChI is InChI=1S/C14H14OS/c1-2-3-4-8-13(15)12-10-16-14-9-6-5-7-11(12)14/h5-7,9-10,13,15H,4,8H2,1H3. The van der Waals surface area contributed by atoms with Crippen LogP contribution >= 0.6 is 11.3 Å². The number of aliphatic hydroxyl groups is 1. The van der Waals surface area contributed by atoms with Crippen molar-refractivity contribution < 1.29 is 5.11 Å². The van der Waals surface area contributed by atoms with Crippen LogP contribution in [0.25, 0.3) is 10.1 Å². The average Bonchev–Trinajstić information content (AvgIpc) is 2.73. The van der Waals surface area contributed by atoms with Crippen LogP contribution in [0.5, 0.6) is 0 Å². The van der Waals surface area contributed by atoms with Crippen LogP contribution in [-0.2, 0) is 0 Å². The number of aliphatic hydroxyl groups excluding tert-OH is 1. The minimum absolute atomic E-state index is 0.392. The normalized spacial score (nSPS) is 12.1. The minimum Gasteiger partial charge on any atom is -0.388 e. The Bertz CT molecular complexity index is 530. The van der Waals surface area contributed by atoms with E-state index in [1.165, 1.54) is 10.1 Å². The summed E-state index contributed by atoms with van der Waals surface area (Å²) in [5.41, 5.74) is 1.04. The number of hydrogen-bond donors (Lipinski definition) is 1. The van der Waals surface area contributed by atoms with E-state index in [4.69, 9.17) is 0 Å². The zero-order valence-electron chi connectivity index (χ0n) is 9.23. The maximum absolute atomic E-state index is 10.1. The lowest BCUT2D eigenvalue weighted by Crippen LogP contribution is -1.95. The van der Waals surface area contributed by atoms with Gasteiger partial charge in [0.05, 0.1) is 6.10 Å². The molecule has 0 fully saturated rings. The van der Waals surface area contributed by atoms with E-state index in [1.807, 2.05) is 19.1 Å². The van der Waals surface area contributed by atoms with Crippen molar-refractivity contribution >= 4 is 21.4 Å². The predicted molar refractivity (Wildman–Crippen MR) is 69.5 cm³/mol. The van der Waals surface area contributed by atoms with Crippen molar-refractivity contribution in [1.29, 1.82) is 0 Å². The van der Waals surface area contributed by atoms with Gasteiger partial charge in [0.2, 0.25) is 0 Å². The molecule has 16 heavy (non-hydrogen) atoms. The third-order valence-electron chi connectivity index (χ3n) is 2.59. The molecule has 0 spiro atoms. The lowest BCUT2D eigenvalue weighted by molar-refractivity contribution is 0.171. The smallest absolute Gasteiger partial charge is 0.0813 e. The second kappa shape index (κ2) is 5.16. The summed E-state index contributed by atoms with van der Waals surface area (Å²) in [6.45, 7) is 1.83. The SMILES string of the molecule is CC#CCCC(O)c1csc2ccccc12. The maximum Gasteiger partial charge on any atom is 0.0813 e. The molecular formula is C14H14OS. The van der Waals surface area contributed by atoms with Gasteiger partial charge in [-0.05, 0) is 35.7 Å². The van der Waals surface area contributed by atoms with Gasteiger partial charge in [0.1, 0.15) is 0 Å². The molecule has 1 atom stereocenters. The van der Waals surface area contributed by atoms with Gasteiger partial charge in [-0.3, -0.25) is 0 Å². The van der Waals surface area contributed by atoms with Gasteiger partial charge >= 0.3 is 0 Å². The van der Waals surface area contributed by atoms with Crippen molar-refractivity contribution in [2.45, 2.75) is 25.9 Å². The summed E-state index contributed by atoms with van der Waals surface area (Å²) >= 11 is 1.69. The van der Waals surface area contributed by atoms with Gasteiger partial charge in [0.15, 0.2) is 0 Å². The second-order valence-electron chi connectivity index (χ2n) is 3.67. The number of benzene rings is 1. The third kappa shape index (κ3) is 2.27. The maximum atomic E-state index is 10.1. The first kappa shape index (κ1) is 11.2. The highest BCUT2D eigenvalue weighted by molar-refractivity contribution is 7.17. The molecule has 1 heterocycles. The van der Waals surface area contributed by atoms with Crippen LogP contribution in [0, 0.1) is 11.8 Å². The highest BCUT2D eigenvalue weighted by atomic mass is 32.1. The largest absolute Gasteiger partial charge is 0.388 e. The molecule has 0 radical (unpaired) electrons. The van der Waals surface area contributed by atoms with Gasteiger partial charge in [-0.1, -0.05) is 18.2 Å². The van der Waals surface area contributed by atoms with E-state index >= 15 is 0 Å². The number of hydrogen-bond acceptors (Lipinski definition) is 2. The minimum atomic E-state index is -0.392. The van der Waals surface area contributed by atoms with Crippen LogP contribution < -0.4 is 0 Å². The van der Waals surface area contributed by atoms with Crippen LogP contribution in [-0.4, -0.2) is 5.11 Å². The summed E-state index contributed by atoms with van der Waals surface area (Å²) in [6.07, 6.45) is 1.07. The molecule has 0 saturated heterocycles. The van der Waals surface area contributed by atoms with E-state index in [0.29, 0.717) is 6.42 Å². The summed E-state index contributed by atoms with van der Waals surface area (Å²) in [5.74, 6) is 5.83. The highest BCUT2D eigenvalue weighted by Crippen LogP contribution is 2.31. The Hall–Kier alpha value is -1.30. The first-order valence-corrected chi connectivity index (χ1v) is 6.24. The number of fused-ring (bicyclic) bond motifs is 1. The molecule has 2 aromatic rings. The summed E-state index contributed by atoms with van der Waals surface area (Å²) in [7, 11) is 0. The van der Waals surface area contributed by atoms with Gasteiger partial charge in [-0.2, -0.15) is 0 Å². The van der Waals surface area contributed by atoms with Crippen molar-refractivity contribution in [3.63, 3.8) is 0 Å². The Morgan fingerprint density at radius 3 is 3.00 bits per heavy atom. The fourth-order valence-electron chi connectivity index (χ4n) is 1.75. The first-order chi connectivity index (χ1) is 7.83. The zero-order valence-corrected chi connectivity index (χ0v) is 10.1. The molecule has 1 N–H and O–H groups in total. The summed E-state index contributed by atoms with van der Waals surface area (Å²) < 4.78 is 1.23. The Labute approximate surface area is 99.7 Å². The summed E-state index contributed by atoms with van der Waals surface area (Å²) in [5, 5.41) is 13.3. The van der Waals surface area contributed by atoms with E-state index in [1.54, 1.807) is 11.3 Å². The molecule has 0 saturated carbocycles. The average molecular weight is 230 g/mol. The van der Waals surface area contributed by atoms with E-state index in [9.17, 15) is 5.11 Å². The molecule has 1 nitrogen and oxygen atoms in total. The Kier molecular flexibility index (Phi) is 3.61. The van der Waals surface area contributed by atoms with Crippen molar-refractivity contribution in [3.8, 4) is 11.8 Å². The Morgan fingerprint density at radius 1 is 1.38 bits per heavy atom. The summed E-state index contributed by atoms with van der Waals surface area (Å²) in [4.78, 5) is 0. The lowest BCUT2D eigenvalue weighted by atomic mass is 10.0. The van der Waals surface area contributed by atoms with Crippen LogP contribution in [0.4, 0.5) is 0 Å². The molecule has 0 bridgehead atoms. The van der Waals surface area contributed by atoms with Gasteiger partial charge in [-0.25, -0.2) is 0 Å². The molecule has 0 amide bonds. The molecular weight excluding hydrogens is 216 g/mol. The van der Waals surface area contributed by atoms with Crippen LogP contribution in [0.1, 0.15) is 31.4 Å². The monoisotopic (exact) mass is 230 g/mol. The molecule has 82 valence electrons. The molecule has 1 aromatic heterocycles. The fraction of sp³-hybridized carbons (Fsp3) is 0.286. The quantitative estimate of drug-likeness (QED) is 0.796.